The van der Waals surface area contributed by atoms with Gasteiger partial charge in [-0.2, -0.15) is 11.8 Å². The topological polar surface area (TPSA) is 380 Å². The van der Waals surface area contributed by atoms with Crippen molar-refractivity contribution in [3.05, 3.63) is 29.8 Å². The normalized spacial score (nSPS) is 35.4. The van der Waals surface area contributed by atoms with Gasteiger partial charge in [-0.05, 0) is 44.2 Å². The fourth-order valence-electron chi connectivity index (χ4n) is 9.18. The minimum atomic E-state index is -1.97. The molecular weight excluding hydrogens is 977 g/mol. The van der Waals surface area contributed by atoms with Crippen molar-refractivity contribution in [3.8, 4) is 5.75 Å². The van der Waals surface area contributed by atoms with Crippen LogP contribution in [-0.2, 0) is 42.8 Å². The van der Waals surface area contributed by atoms with Gasteiger partial charge in [0.2, 0.25) is 11.8 Å². The van der Waals surface area contributed by atoms with Gasteiger partial charge in [0, 0.05) is 55.9 Å². The summed E-state index contributed by atoms with van der Waals surface area (Å²) in [6.07, 6.45) is -19.3. The van der Waals surface area contributed by atoms with Gasteiger partial charge in [-0.3, -0.25) is 19.2 Å². The first-order valence-corrected chi connectivity index (χ1v) is 25.4. The standard InChI is InChI=1S/C46H70N4O21S/c1-22(54)48-34-37(60)41(70-45-40(63)42(36(59)29(18-52)68-45)71-44-39(62)38(61)35(58)28(17-51)67-44)30(19-53)69-43(34)65-15-5-4-9-24(55)20-66-25-10-6-8-23(16-25)27(56)11-7-14-47-32(57)13-3-2-12-31-33-26(21-72-31)49-46(64)50-33/h6,8,10,16,26,28-31,33-45,51-53,58-63H,2-5,7,9,11-15,17-21H2,1H3,(H,47,57)(H,48,54)(H2,49,50,64)/t26-,28?,29?,30?,31-,33-,34?,35-,36-,37+,38-,39?,40?,41+,42-,43+,44+,45-/m0/s1. The van der Waals surface area contributed by atoms with Crippen LogP contribution >= 0.6 is 11.8 Å². The molecule has 26 heteroatoms. The van der Waals surface area contributed by atoms with Gasteiger partial charge < -0.3 is 100 Å². The van der Waals surface area contributed by atoms with Crippen molar-refractivity contribution in [2.75, 3.05) is 45.3 Å². The highest BCUT2D eigenvalue weighted by Gasteiger charge is 2.54. The van der Waals surface area contributed by atoms with Gasteiger partial charge in [0.25, 0.3) is 0 Å². The minimum Gasteiger partial charge on any atom is -0.486 e. The average Bonchev–Trinajstić information content (AvgIpc) is 3.93. The molecule has 406 valence electrons. The number of ether oxygens (including phenoxy) is 7. The fraction of sp³-hybridized carbons (Fsp3) is 0.761. The predicted octanol–water partition coefficient (Wildman–Crippen LogP) is -3.78. The summed E-state index contributed by atoms with van der Waals surface area (Å²) < 4.78 is 39.9. The van der Waals surface area contributed by atoms with E-state index in [0.717, 1.165) is 25.0 Å². The average molecular weight is 1050 g/mol. The lowest BCUT2D eigenvalue weighted by molar-refractivity contribution is -0.376. The number of Topliss-reactive ketones (excluding diaryl/α,β-unsaturated/α-hetero) is 2. The molecule has 13 N–H and O–H groups in total. The molecule has 0 aromatic heterocycles. The summed E-state index contributed by atoms with van der Waals surface area (Å²) in [4.78, 5) is 61.9. The number of hydrogen-bond donors (Lipinski definition) is 13. The lowest BCUT2D eigenvalue weighted by atomic mass is 9.95. The number of carbonyl (C=O) groups is 5. The van der Waals surface area contributed by atoms with E-state index in [-0.39, 0.29) is 61.6 Å². The van der Waals surface area contributed by atoms with Crippen molar-refractivity contribution in [1.29, 1.82) is 0 Å². The van der Waals surface area contributed by atoms with Crippen LogP contribution in [0.25, 0.3) is 0 Å². The van der Waals surface area contributed by atoms with Gasteiger partial charge in [0.15, 0.2) is 30.4 Å². The molecule has 4 amide bonds. The number of amides is 4. The Labute approximate surface area is 419 Å². The maximum Gasteiger partial charge on any atom is 0.315 e. The van der Waals surface area contributed by atoms with E-state index in [2.05, 4.69) is 21.3 Å². The molecule has 0 saturated carbocycles. The Morgan fingerprint density at radius 2 is 1.42 bits per heavy atom. The summed E-state index contributed by atoms with van der Waals surface area (Å²) in [7, 11) is 0. The fourth-order valence-corrected chi connectivity index (χ4v) is 10.7. The van der Waals surface area contributed by atoms with Crippen LogP contribution in [0.4, 0.5) is 4.79 Å². The zero-order valence-corrected chi connectivity index (χ0v) is 40.7. The van der Waals surface area contributed by atoms with Crippen molar-refractivity contribution < 1.29 is 103 Å². The van der Waals surface area contributed by atoms with E-state index in [1.807, 2.05) is 11.8 Å². The first-order chi connectivity index (χ1) is 34.5. The molecular formula is C46H70N4O21S. The smallest absolute Gasteiger partial charge is 0.315 e. The van der Waals surface area contributed by atoms with Crippen molar-refractivity contribution in [1.82, 2.24) is 21.3 Å². The lowest BCUT2D eigenvalue weighted by Crippen LogP contribution is -2.68. The summed E-state index contributed by atoms with van der Waals surface area (Å²) in [5, 5.41) is 106. The Bertz CT molecular complexity index is 1940. The minimum absolute atomic E-state index is 0.0296. The van der Waals surface area contributed by atoms with Gasteiger partial charge in [-0.25, -0.2) is 4.79 Å². The van der Waals surface area contributed by atoms with E-state index in [0.29, 0.717) is 48.8 Å². The molecule has 6 unspecified atom stereocenters. The molecule has 0 bridgehead atoms. The predicted molar refractivity (Wildman–Crippen MR) is 248 cm³/mol. The number of urea groups is 1. The largest absolute Gasteiger partial charge is 0.486 e. The molecule has 25 nitrogen and oxygen atoms in total. The van der Waals surface area contributed by atoms with Crippen molar-refractivity contribution in [3.63, 3.8) is 0 Å². The van der Waals surface area contributed by atoms with Crippen LogP contribution in [0.3, 0.4) is 0 Å². The van der Waals surface area contributed by atoms with Gasteiger partial charge >= 0.3 is 6.03 Å². The molecule has 0 radical (unpaired) electrons. The number of nitrogens with one attached hydrogen (secondary N) is 4. The highest BCUT2D eigenvalue weighted by atomic mass is 32.2. The van der Waals surface area contributed by atoms with E-state index in [4.69, 9.17) is 33.2 Å². The molecule has 1 aromatic rings. The Balaban J connectivity index is 0.892. The number of carbonyl (C=O) groups excluding carboxylic acids is 5. The van der Waals surface area contributed by atoms with Crippen molar-refractivity contribution in [2.24, 2.45) is 0 Å². The zero-order valence-electron chi connectivity index (χ0n) is 39.8. The first-order valence-electron chi connectivity index (χ1n) is 24.3. The first kappa shape index (κ1) is 57.6. The summed E-state index contributed by atoms with van der Waals surface area (Å²) in [6, 6.07) is 5.35. The van der Waals surface area contributed by atoms with E-state index in [9.17, 15) is 69.9 Å². The maximum atomic E-state index is 12.9. The van der Waals surface area contributed by atoms with Crippen LogP contribution in [0.15, 0.2) is 24.3 Å². The summed E-state index contributed by atoms with van der Waals surface area (Å²) in [6.45, 7) is -1.21. The second-order valence-electron chi connectivity index (χ2n) is 18.5. The Morgan fingerprint density at radius 3 is 2.14 bits per heavy atom. The van der Waals surface area contributed by atoms with Gasteiger partial charge in [0.1, 0.15) is 85.5 Å². The molecule has 18 atom stereocenters. The van der Waals surface area contributed by atoms with Crippen molar-refractivity contribution >= 4 is 41.2 Å². The molecule has 5 fully saturated rings. The number of fused-ring (bicyclic) bond motifs is 1. The number of rotatable bonds is 27. The van der Waals surface area contributed by atoms with Crippen LogP contribution in [0.1, 0.15) is 75.1 Å². The summed E-state index contributed by atoms with van der Waals surface area (Å²) in [5.41, 5.74) is 0.404. The van der Waals surface area contributed by atoms with Crippen LogP contribution in [0, 0.1) is 0 Å². The lowest BCUT2D eigenvalue weighted by Gasteiger charge is -2.48. The number of hydrogen-bond acceptors (Lipinski definition) is 22. The second-order valence-corrected chi connectivity index (χ2v) is 19.7. The molecule has 6 rings (SSSR count). The molecule has 0 spiro atoms. The monoisotopic (exact) mass is 1050 g/mol. The van der Waals surface area contributed by atoms with E-state index in [1.165, 1.54) is 6.92 Å². The summed E-state index contributed by atoms with van der Waals surface area (Å²) in [5.74, 6) is 0.158. The molecule has 0 aliphatic carbocycles. The third-order valence-corrected chi connectivity index (χ3v) is 14.7. The molecule has 72 heavy (non-hydrogen) atoms. The highest BCUT2D eigenvalue weighted by molar-refractivity contribution is 8.00. The number of aliphatic hydroxyl groups excluding tert-OH is 9. The Hall–Kier alpha value is -3.68. The number of aliphatic hydroxyl groups is 9. The Morgan fingerprint density at radius 1 is 0.736 bits per heavy atom. The SMILES string of the molecule is CC(=O)NC1[C@H](OCCCCC(=O)COc2cccc(C(=O)CCCNC(=O)CCCC[C@@H]3SC[C@@H]4NC(=O)N[C@@H]43)c2)OC(CO)[C@@H](O[C@@H]2OC(CO)[C@H](O)[C@H](O[C@H]3OC(CO)[C@H](O)[C@H](O)C3O)C2O)[C@@H]1O. The third kappa shape index (κ3) is 15.2. The number of ketones is 2. The number of unbranched alkanes of at least 4 members (excludes halogenated alkanes) is 2. The molecule has 5 aliphatic rings. The summed E-state index contributed by atoms with van der Waals surface area (Å²) >= 11 is 1.84. The van der Waals surface area contributed by atoms with Crippen LogP contribution in [0.5, 0.6) is 5.75 Å². The van der Waals surface area contributed by atoms with Gasteiger partial charge in [0.05, 0.1) is 31.9 Å². The quantitative estimate of drug-likeness (QED) is 0.0228. The highest BCUT2D eigenvalue weighted by Crippen LogP contribution is 2.35. The van der Waals surface area contributed by atoms with Crippen LogP contribution in [0.2, 0.25) is 0 Å². The maximum absolute atomic E-state index is 12.9. The van der Waals surface area contributed by atoms with Crippen LogP contribution in [-0.4, -0.2) is 230 Å². The van der Waals surface area contributed by atoms with Crippen molar-refractivity contribution in [2.45, 2.75) is 174 Å². The van der Waals surface area contributed by atoms with Crippen LogP contribution < -0.4 is 26.0 Å². The molecule has 1 aromatic carbocycles. The number of benzene rings is 1. The molecule has 5 heterocycles. The van der Waals surface area contributed by atoms with E-state index >= 15 is 0 Å². The Kier molecular flexibility index (Phi) is 22.2. The molecule has 5 aliphatic heterocycles. The van der Waals surface area contributed by atoms with E-state index < -0.39 is 118 Å². The molecule has 5 saturated heterocycles. The van der Waals surface area contributed by atoms with E-state index in [1.54, 1.807) is 24.3 Å². The second kappa shape index (κ2) is 27.7. The third-order valence-electron chi connectivity index (χ3n) is 13.1. The van der Waals surface area contributed by atoms with Gasteiger partial charge in [-0.1, -0.05) is 18.6 Å². The zero-order chi connectivity index (χ0) is 52.1. The number of thioether (sulfide) groups is 1. The van der Waals surface area contributed by atoms with Gasteiger partial charge in [-0.15, -0.1) is 0 Å².